The molecular formula is C15H24N2O2S. The normalized spacial score (nSPS) is 10.8. The van der Waals surface area contributed by atoms with Crippen LogP contribution in [0.15, 0.2) is 24.3 Å². The van der Waals surface area contributed by atoms with E-state index in [-0.39, 0.29) is 5.91 Å². The fraction of sp³-hybridized carbons (Fsp3) is 0.533. The van der Waals surface area contributed by atoms with Crippen molar-refractivity contribution in [1.82, 2.24) is 0 Å². The molecule has 0 saturated heterocycles. The van der Waals surface area contributed by atoms with Gasteiger partial charge in [-0.05, 0) is 17.5 Å². The number of carbonyl (C=O) groups excluding carboxylic acids is 1. The highest BCUT2D eigenvalue weighted by atomic mass is 32.2. The highest BCUT2D eigenvalue weighted by Gasteiger charge is 2.08. The molecule has 1 aromatic carbocycles. The fourth-order valence-corrected chi connectivity index (χ4v) is 2.41. The largest absolute Gasteiger partial charge is 0.379 e. The van der Waals surface area contributed by atoms with Crippen molar-refractivity contribution < 1.29 is 9.53 Å². The summed E-state index contributed by atoms with van der Waals surface area (Å²) in [5, 5.41) is 2.97. The molecule has 0 fully saturated rings. The average Bonchev–Trinajstić information content (AvgIpc) is 2.43. The van der Waals surface area contributed by atoms with Crippen LogP contribution in [0.3, 0.4) is 0 Å². The van der Waals surface area contributed by atoms with Crippen molar-refractivity contribution in [3.05, 3.63) is 29.8 Å². The Kier molecular flexibility index (Phi) is 8.34. The lowest BCUT2D eigenvalue weighted by molar-refractivity contribution is -0.113. The molecule has 0 atom stereocenters. The molecule has 1 rings (SSSR count). The Morgan fingerprint density at radius 2 is 2.10 bits per heavy atom. The molecule has 0 radical (unpaired) electrons. The van der Waals surface area contributed by atoms with Gasteiger partial charge in [-0.15, -0.1) is 11.8 Å². The zero-order valence-electron chi connectivity index (χ0n) is 12.2. The molecule has 0 aromatic heterocycles. The van der Waals surface area contributed by atoms with Gasteiger partial charge in [-0.25, -0.2) is 0 Å². The Hall–Kier alpha value is -1.04. The van der Waals surface area contributed by atoms with E-state index in [1.165, 1.54) is 0 Å². The molecule has 20 heavy (non-hydrogen) atoms. The minimum atomic E-state index is 0.0296. The molecular weight excluding hydrogens is 272 g/mol. The maximum absolute atomic E-state index is 11.9. The summed E-state index contributed by atoms with van der Waals surface area (Å²) < 4.78 is 5.26. The SMILES string of the molecule is CC(C)c1ccccc1NC(=O)CSCCOCCN. The fourth-order valence-electron chi connectivity index (χ4n) is 1.77. The average molecular weight is 296 g/mol. The van der Waals surface area contributed by atoms with Crippen molar-refractivity contribution in [3.63, 3.8) is 0 Å². The second kappa shape index (κ2) is 9.80. The van der Waals surface area contributed by atoms with E-state index in [4.69, 9.17) is 10.5 Å². The molecule has 5 heteroatoms. The third-order valence-corrected chi connectivity index (χ3v) is 3.65. The Labute approximate surface area is 125 Å². The summed E-state index contributed by atoms with van der Waals surface area (Å²) in [5.41, 5.74) is 7.39. The summed E-state index contributed by atoms with van der Waals surface area (Å²) >= 11 is 1.57. The van der Waals surface area contributed by atoms with E-state index in [2.05, 4.69) is 19.2 Å². The molecule has 0 aliphatic carbocycles. The molecule has 0 aliphatic rings. The van der Waals surface area contributed by atoms with Crippen LogP contribution < -0.4 is 11.1 Å². The van der Waals surface area contributed by atoms with Gasteiger partial charge in [-0.1, -0.05) is 32.0 Å². The molecule has 0 unspecified atom stereocenters. The van der Waals surface area contributed by atoms with Crippen LogP contribution in [0.4, 0.5) is 5.69 Å². The second-order valence-electron chi connectivity index (χ2n) is 4.74. The molecule has 4 nitrogen and oxygen atoms in total. The highest BCUT2D eigenvalue weighted by molar-refractivity contribution is 7.99. The standard InChI is InChI=1S/C15H24N2O2S/c1-12(2)13-5-3-4-6-14(13)17-15(18)11-20-10-9-19-8-7-16/h3-6,12H,7-11,16H2,1-2H3,(H,17,18). The molecule has 0 bridgehead atoms. The number of rotatable bonds is 9. The Morgan fingerprint density at radius 3 is 2.80 bits per heavy atom. The van der Waals surface area contributed by atoms with E-state index in [1.807, 2.05) is 24.3 Å². The lowest BCUT2D eigenvalue weighted by Crippen LogP contribution is -2.16. The van der Waals surface area contributed by atoms with Gasteiger partial charge in [0.15, 0.2) is 0 Å². The first-order valence-corrected chi connectivity index (χ1v) is 8.05. The van der Waals surface area contributed by atoms with Crippen LogP contribution in [0.5, 0.6) is 0 Å². The van der Waals surface area contributed by atoms with Crippen LogP contribution in [0.1, 0.15) is 25.3 Å². The molecule has 0 spiro atoms. The predicted octanol–water partition coefficient (Wildman–Crippen LogP) is 2.46. The lowest BCUT2D eigenvalue weighted by atomic mass is 10.0. The monoisotopic (exact) mass is 296 g/mol. The van der Waals surface area contributed by atoms with Crippen LogP contribution in [-0.2, 0) is 9.53 Å². The number of nitrogens with two attached hydrogens (primary N) is 1. The van der Waals surface area contributed by atoms with Gasteiger partial charge in [-0.2, -0.15) is 0 Å². The first-order chi connectivity index (χ1) is 9.65. The maximum Gasteiger partial charge on any atom is 0.234 e. The first kappa shape index (κ1) is 17.0. The summed E-state index contributed by atoms with van der Waals surface area (Å²) in [7, 11) is 0. The van der Waals surface area contributed by atoms with Gasteiger partial charge in [0.05, 0.1) is 19.0 Å². The van der Waals surface area contributed by atoms with E-state index in [0.29, 0.717) is 31.4 Å². The number of hydrogen-bond donors (Lipinski definition) is 2. The number of ether oxygens (including phenoxy) is 1. The zero-order chi connectivity index (χ0) is 14.8. The van der Waals surface area contributed by atoms with Crippen molar-refractivity contribution in [1.29, 1.82) is 0 Å². The Morgan fingerprint density at radius 1 is 1.35 bits per heavy atom. The van der Waals surface area contributed by atoms with E-state index in [9.17, 15) is 4.79 Å². The summed E-state index contributed by atoms with van der Waals surface area (Å²) in [4.78, 5) is 11.9. The van der Waals surface area contributed by atoms with Gasteiger partial charge >= 0.3 is 0 Å². The second-order valence-corrected chi connectivity index (χ2v) is 5.85. The van der Waals surface area contributed by atoms with E-state index < -0.39 is 0 Å². The molecule has 1 aromatic rings. The number of para-hydroxylation sites is 1. The number of amides is 1. The van der Waals surface area contributed by atoms with Gasteiger partial charge in [-0.3, -0.25) is 4.79 Å². The molecule has 1 amide bonds. The Balaban J connectivity index is 2.32. The molecule has 3 N–H and O–H groups in total. The maximum atomic E-state index is 11.9. The summed E-state index contributed by atoms with van der Waals surface area (Å²) in [5.74, 6) is 1.67. The summed E-state index contributed by atoms with van der Waals surface area (Å²) in [6, 6.07) is 7.93. The molecule has 0 heterocycles. The van der Waals surface area contributed by atoms with Crippen molar-refractivity contribution in [2.24, 2.45) is 5.73 Å². The van der Waals surface area contributed by atoms with Crippen molar-refractivity contribution >= 4 is 23.4 Å². The van der Waals surface area contributed by atoms with Gasteiger partial charge in [0.1, 0.15) is 0 Å². The minimum absolute atomic E-state index is 0.0296. The number of thioether (sulfide) groups is 1. The number of carbonyl (C=O) groups is 1. The number of nitrogens with one attached hydrogen (secondary N) is 1. The van der Waals surface area contributed by atoms with Crippen LogP contribution in [0, 0.1) is 0 Å². The van der Waals surface area contributed by atoms with Crippen LogP contribution >= 0.6 is 11.8 Å². The first-order valence-electron chi connectivity index (χ1n) is 6.89. The topological polar surface area (TPSA) is 64.3 Å². The van der Waals surface area contributed by atoms with Gasteiger partial charge < -0.3 is 15.8 Å². The van der Waals surface area contributed by atoms with Crippen LogP contribution in [-0.4, -0.2) is 37.2 Å². The van der Waals surface area contributed by atoms with E-state index >= 15 is 0 Å². The zero-order valence-corrected chi connectivity index (χ0v) is 13.0. The van der Waals surface area contributed by atoms with Crippen LogP contribution in [0.25, 0.3) is 0 Å². The molecule has 112 valence electrons. The van der Waals surface area contributed by atoms with Crippen LogP contribution in [0.2, 0.25) is 0 Å². The van der Waals surface area contributed by atoms with E-state index in [1.54, 1.807) is 11.8 Å². The number of anilines is 1. The molecule has 0 saturated carbocycles. The number of benzene rings is 1. The summed E-state index contributed by atoms with van der Waals surface area (Å²) in [6.07, 6.45) is 0. The third-order valence-electron chi connectivity index (χ3n) is 2.72. The molecule has 0 aliphatic heterocycles. The Bertz CT molecular complexity index is 411. The highest BCUT2D eigenvalue weighted by Crippen LogP contribution is 2.23. The smallest absolute Gasteiger partial charge is 0.234 e. The van der Waals surface area contributed by atoms with Gasteiger partial charge in [0, 0.05) is 18.0 Å². The predicted molar refractivity (Wildman–Crippen MR) is 86.4 cm³/mol. The van der Waals surface area contributed by atoms with Crippen molar-refractivity contribution in [2.75, 3.05) is 36.6 Å². The quantitative estimate of drug-likeness (QED) is 0.687. The van der Waals surface area contributed by atoms with Crippen molar-refractivity contribution in [3.8, 4) is 0 Å². The van der Waals surface area contributed by atoms with Crippen molar-refractivity contribution in [2.45, 2.75) is 19.8 Å². The minimum Gasteiger partial charge on any atom is -0.379 e. The van der Waals surface area contributed by atoms with E-state index in [0.717, 1.165) is 17.0 Å². The summed E-state index contributed by atoms with van der Waals surface area (Å²) in [6.45, 7) is 5.99. The van der Waals surface area contributed by atoms with Gasteiger partial charge in [0.2, 0.25) is 5.91 Å². The lowest BCUT2D eigenvalue weighted by Gasteiger charge is -2.13. The number of hydrogen-bond acceptors (Lipinski definition) is 4. The third kappa shape index (κ3) is 6.41. The van der Waals surface area contributed by atoms with Gasteiger partial charge in [0.25, 0.3) is 0 Å².